The molecule has 0 spiro atoms. The number of hydrogen-bond acceptors (Lipinski definition) is 2. The van der Waals surface area contributed by atoms with E-state index >= 15 is 0 Å². The van der Waals surface area contributed by atoms with Crippen molar-refractivity contribution in [2.24, 2.45) is 0 Å². The third kappa shape index (κ3) is 2.88. The second-order valence-electron chi connectivity index (χ2n) is 5.83. The molecule has 0 aliphatic heterocycles. The van der Waals surface area contributed by atoms with Crippen LogP contribution in [0.5, 0.6) is 0 Å². The molecule has 24 heavy (non-hydrogen) atoms. The van der Waals surface area contributed by atoms with Crippen molar-refractivity contribution in [1.29, 1.82) is 0 Å². The number of amides is 1. The van der Waals surface area contributed by atoms with Gasteiger partial charge in [-0.05, 0) is 30.7 Å². The van der Waals surface area contributed by atoms with E-state index in [0.717, 1.165) is 40.6 Å². The zero-order valence-electron chi connectivity index (χ0n) is 13.2. The maximum atomic E-state index is 12.2. The maximum absolute atomic E-state index is 12.2. The number of fused-ring (bicyclic) bond motifs is 2. The van der Waals surface area contributed by atoms with E-state index in [9.17, 15) is 4.79 Å². The van der Waals surface area contributed by atoms with E-state index in [-0.39, 0.29) is 5.91 Å². The van der Waals surface area contributed by atoms with Crippen LogP contribution in [0.15, 0.2) is 54.6 Å². The molecule has 120 valence electrons. The number of imidazole rings is 1. The molecule has 2 heterocycles. The standard InChI is InChI=1S/C19H18N4O/c24-19(17-12-13-6-1-2-7-14(13)21-17)20-11-5-10-18-22-15-8-3-4-9-16(15)23-18/h1-4,6-9,12,21H,5,10-11H2,(H,20,24)(H,22,23). The number of aromatic nitrogens is 3. The first-order chi connectivity index (χ1) is 11.8. The highest BCUT2D eigenvalue weighted by Gasteiger charge is 2.08. The largest absolute Gasteiger partial charge is 0.351 e. The molecular formula is C19H18N4O. The van der Waals surface area contributed by atoms with Crippen LogP contribution in [0.3, 0.4) is 0 Å². The van der Waals surface area contributed by atoms with Crippen molar-refractivity contribution in [2.75, 3.05) is 6.54 Å². The van der Waals surface area contributed by atoms with Gasteiger partial charge in [-0.2, -0.15) is 0 Å². The van der Waals surface area contributed by atoms with E-state index in [1.807, 2.05) is 54.6 Å². The van der Waals surface area contributed by atoms with Crippen LogP contribution in [-0.2, 0) is 6.42 Å². The van der Waals surface area contributed by atoms with Gasteiger partial charge in [-0.3, -0.25) is 4.79 Å². The monoisotopic (exact) mass is 318 g/mol. The number of carbonyl (C=O) groups excluding carboxylic acids is 1. The molecule has 0 saturated heterocycles. The Bertz CT molecular complexity index is 933. The molecule has 3 N–H and O–H groups in total. The minimum atomic E-state index is -0.0733. The quantitative estimate of drug-likeness (QED) is 0.493. The molecule has 0 unspecified atom stereocenters. The number of aryl methyl sites for hydroxylation is 1. The van der Waals surface area contributed by atoms with E-state index in [1.54, 1.807) is 0 Å². The van der Waals surface area contributed by atoms with Crippen LogP contribution < -0.4 is 5.32 Å². The van der Waals surface area contributed by atoms with E-state index in [1.165, 1.54) is 0 Å². The van der Waals surface area contributed by atoms with Crippen molar-refractivity contribution < 1.29 is 4.79 Å². The zero-order valence-corrected chi connectivity index (χ0v) is 13.2. The number of benzene rings is 2. The number of carbonyl (C=O) groups is 1. The minimum Gasteiger partial charge on any atom is -0.351 e. The summed E-state index contributed by atoms with van der Waals surface area (Å²) in [6.07, 6.45) is 1.65. The van der Waals surface area contributed by atoms with Crippen molar-refractivity contribution >= 4 is 27.8 Å². The summed E-state index contributed by atoms with van der Waals surface area (Å²) in [5.74, 6) is 0.881. The van der Waals surface area contributed by atoms with Gasteiger partial charge in [0.1, 0.15) is 11.5 Å². The Balaban J connectivity index is 1.32. The summed E-state index contributed by atoms with van der Waals surface area (Å²) < 4.78 is 0. The van der Waals surface area contributed by atoms with Gasteiger partial charge in [0, 0.05) is 23.9 Å². The Hall–Kier alpha value is -3.08. The van der Waals surface area contributed by atoms with Gasteiger partial charge in [0.2, 0.25) is 0 Å². The van der Waals surface area contributed by atoms with Crippen LogP contribution in [0.25, 0.3) is 21.9 Å². The number of rotatable bonds is 5. The molecular weight excluding hydrogens is 300 g/mol. The number of nitrogens with one attached hydrogen (secondary N) is 3. The molecule has 5 heteroatoms. The summed E-state index contributed by atoms with van der Waals surface area (Å²) in [5, 5.41) is 4.00. The lowest BCUT2D eigenvalue weighted by molar-refractivity contribution is 0.0949. The molecule has 0 radical (unpaired) electrons. The normalized spacial score (nSPS) is 11.2. The van der Waals surface area contributed by atoms with Crippen molar-refractivity contribution in [2.45, 2.75) is 12.8 Å². The van der Waals surface area contributed by atoms with Crippen molar-refractivity contribution in [1.82, 2.24) is 20.3 Å². The third-order valence-corrected chi connectivity index (χ3v) is 4.09. The van der Waals surface area contributed by atoms with Crippen LogP contribution in [0.2, 0.25) is 0 Å². The van der Waals surface area contributed by atoms with E-state index in [2.05, 4.69) is 20.3 Å². The lowest BCUT2D eigenvalue weighted by atomic mass is 10.2. The molecule has 5 nitrogen and oxygen atoms in total. The van der Waals surface area contributed by atoms with Gasteiger partial charge in [0.25, 0.3) is 5.91 Å². The molecule has 1 amide bonds. The summed E-state index contributed by atoms with van der Waals surface area (Å²) in [5.41, 5.74) is 3.61. The van der Waals surface area contributed by atoms with E-state index in [0.29, 0.717) is 12.2 Å². The first kappa shape index (κ1) is 14.5. The Kier molecular flexibility index (Phi) is 3.75. The van der Waals surface area contributed by atoms with E-state index in [4.69, 9.17) is 0 Å². The summed E-state index contributed by atoms with van der Waals surface area (Å²) in [7, 11) is 0. The molecule has 2 aromatic heterocycles. The van der Waals surface area contributed by atoms with E-state index < -0.39 is 0 Å². The average Bonchev–Trinajstić information content (AvgIpc) is 3.21. The van der Waals surface area contributed by atoms with Gasteiger partial charge in [0.05, 0.1) is 11.0 Å². The number of para-hydroxylation sites is 3. The minimum absolute atomic E-state index is 0.0733. The van der Waals surface area contributed by atoms with Crippen molar-refractivity contribution in [3.8, 4) is 0 Å². The molecule has 0 fully saturated rings. The highest BCUT2D eigenvalue weighted by molar-refractivity contribution is 5.97. The first-order valence-corrected chi connectivity index (χ1v) is 8.09. The fourth-order valence-corrected chi connectivity index (χ4v) is 2.87. The topological polar surface area (TPSA) is 73.6 Å². The zero-order chi connectivity index (χ0) is 16.4. The van der Waals surface area contributed by atoms with Crippen molar-refractivity contribution in [3.05, 3.63) is 66.1 Å². The smallest absolute Gasteiger partial charge is 0.267 e. The Morgan fingerprint density at radius 2 is 1.79 bits per heavy atom. The lowest BCUT2D eigenvalue weighted by Crippen LogP contribution is -2.25. The summed E-state index contributed by atoms with van der Waals surface area (Å²) >= 11 is 0. The molecule has 4 aromatic rings. The highest BCUT2D eigenvalue weighted by atomic mass is 16.1. The first-order valence-electron chi connectivity index (χ1n) is 8.09. The Labute approximate surface area is 139 Å². The number of aromatic amines is 2. The molecule has 0 saturated carbocycles. The molecule has 0 bridgehead atoms. The second-order valence-corrected chi connectivity index (χ2v) is 5.83. The number of hydrogen-bond donors (Lipinski definition) is 3. The Morgan fingerprint density at radius 3 is 2.62 bits per heavy atom. The molecule has 0 atom stereocenters. The van der Waals surface area contributed by atoms with Crippen LogP contribution in [0, 0.1) is 0 Å². The molecule has 2 aromatic carbocycles. The summed E-state index contributed by atoms with van der Waals surface area (Å²) in [6, 6.07) is 17.7. The maximum Gasteiger partial charge on any atom is 0.267 e. The van der Waals surface area contributed by atoms with Gasteiger partial charge < -0.3 is 15.3 Å². The predicted octanol–water partition coefficient (Wildman–Crippen LogP) is 3.41. The average molecular weight is 318 g/mol. The SMILES string of the molecule is O=C(NCCCc1nc2ccccc2[nH]1)c1cc2ccccc2[nH]1. The lowest BCUT2D eigenvalue weighted by Gasteiger charge is -2.02. The Morgan fingerprint density at radius 1 is 1.00 bits per heavy atom. The van der Waals surface area contributed by atoms with Crippen LogP contribution in [0.4, 0.5) is 0 Å². The van der Waals surface area contributed by atoms with Gasteiger partial charge in [-0.25, -0.2) is 4.98 Å². The number of H-pyrrole nitrogens is 2. The predicted molar refractivity (Wildman–Crippen MR) is 95.0 cm³/mol. The second kappa shape index (κ2) is 6.20. The fraction of sp³-hybridized carbons (Fsp3) is 0.158. The van der Waals surface area contributed by atoms with Crippen molar-refractivity contribution in [3.63, 3.8) is 0 Å². The van der Waals surface area contributed by atoms with Crippen LogP contribution >= 0.6 is 0 Å². The molecule has 0 aliphatic carbocycles. The third-order valence-electron chi connectivity index (χ3n) is 4.09. The highest BCUT2D eigenvalue weighted by Crippen LogP contribution is 2.14. The molecule has 0 aliphatic rings. The van der Waals surface area contributed by atoms with Gasteiger partial charge in [-0.1, -0.05) is 30.3 Å². The molecule has 4 rings (SSSR count). The van der Waals surface area contributed by atoms with Crippen LogP contribution in [0.1, 0.15) is 22.7 Å². The summed E-state index contributed by atoms with van der Waals surface area (Å²) in [4.78, 5) is 23.2. The number of nitrogens with zero attached hydrogens (tertiary/aromatic N) is 1. The van der Waals surface area contributed by atoms with Gasteiger partial charge in [-0.15, -0.1) is 0 Å². The summed E-state index contributed by atoms with van der Waals surface area (Å²) in [6.45, 7) is 0.616. The van der Waals surface area contributed by atoms with Gasteiger partial charge >= 0.3 is 0 Å². The van der Waals surface area contributed by atoms with Crippen LogP contribution in [-0.4, -0.2) is 27.4 Å². The van der Waals surface area contributed by atoms with Gasteiger partial charge in [0.15, 0.2) is 0 Å². The fourth-order valence-electron chi connectivity index (χ4n) is 2.87.